The minimum atomic E-state index is -2.21. The van der Waals surface area contributed by atoms with E-state index in [-0.39, 0.29) is 137 Å². The number of hydrogen-bond acceptors (Lipinski definition) is 25. The number of aliphatic hydroxyl groups is 4. The van der Waals surface area contributed by atoms with E-state index in [9.17, 15) is 5.11 Å². The molecule has 826 valence electrons. The summed E-state index contributed by atoms with van der Waals surface area (Å²) in [6.07, 6.45) is 4.11. The summed E-state index contributed by atoms with van der Waals surface area (Å²) in [4.78, 5) is 4.40. The predicted octanol–water partition coefficient (Wildman–Crippen LogP) is 24.3. The Labute approximate surface area is 848 Å². The van der Waals surface area contributed by atoms with E-state index in [4.69, 9.17) is 82.2 Å². The van der Waals surface area contributed by atoms with Gasteiger partial charge in [-0.2, -0.15) is 0 Å². The molecule has 0 bridgehead atoms. The summed E-state index contributed by atoms with van der Waals surface area (Å²) >= 11 is 0. The van der Waals surface area contributed by atoms with Crippen molar-refractivity contribution in [3.8, 4) is 0 Å². The highest BCUT2D eigenvalue weighted by Crippen LogP contribution is 2.35. The van der Waals surface area contributed by atoms with Crippen molar-refractivity contribution in [1.82, 2.24) is 25.8 Å². The van der Waals surface area contributed by atoms with Gasteiger partial charge in [0.05, 0.1) is 54.9 Å². The van der Waals surface area contributed by atoms with Gasteiger partial charge in [-0.05, 0) is 306 Å². The topological polar surface area (TPSA) is 325 Å². The first kappa shape index (κ1) is 182. The standard InChI is InChI=1S/C19H50N2O4Si4.2C14H40N2O2Si4.C8H22N2O2Si.C8H24O4Si4.C6H18OSi2.C3H6O2.15CH4/c1-20(14-15-21(2)17-19(23)18-22)13-12-16-29(11,24-26(3,4)5)25-28(9,10)27(6,7)8;2*1-19(2,3)17-22(9,14-10-12-16-13-11-15)18-21(7,8)20(4,5)6;1-12-13(2,8-11)7-3-5-10-6-4-9;1-13(2)9-14(3,4)11-16(7,8)12-15(5,6)10-13;1-8(2,3)7-9(4,5)6;4-1-3-2-5-3;;;;;;;;;;;;;;;/h19,22-23H,12-18H2,1-11H3;2*16H,10-15H2,1-9H3;10-11H,3-9H2,1-2H3;1-8H3;1-6H3;3-4H,1-2H2;15*1H4. The Morgan fingerprint density at radius 3 is 0.748 bits per heavy atom. The van der Waals surface area contributed by atoms with Gasteiger partial charge in [0.2, 0.25) is 8.32 Å². The van der Waals surface area contributed by atoms with Crippen LogP contribution in [0.4, 0.5) is 0 Å². The SMILES string of the molecule is C.C.C.C.C.C.C.C.C.C.C.C.C.C.C.CN(CCC[Si](C)(O[Si](C)(C)C)O[Si](C)(C)[Si](C)(C)C)CCN(C)CC(O)CO.CO[Si](C)(CO)CCCNCCN.C[Si](C)(C)O[Si](C)(C)C.C[Si](C)(C)O[Si](C)(CCCNCCN)O[Si](C)(C)[Si](C)(C)C.C[Si](C)(C)O[Si](C)(CCCNCCN)O[Si](C)(C)[Si](C)(C)C.C[Si]1(C)O[Si](C)(C)O[Si](C)(C)O[Si](C)(C)O1.OCC1CO1. The third kappa shape index (κ3) is 103. The number of likely N-dealkylation sites (N-methyl/N-ethyl adjacent to an activating group) is 2. The number of epoxide rings is 1. The zero-order valence-corrected chi connectivity index (χ0v) is 104. The summed E-state index contributed by atoms with van der Waals surface area (Å²) in [5, 5.41) is 45.7. The molecule has 2 heterocycles. The molecule has 0 aromatic rings. The van der Waals surface area contributed by atoms with Crippen molar-refractivity contribution in [2.45, 2.75) is 448 Å². The molecule has 25 nitrogen and oxygen atoms in total. The zero-order chi connectivity index (χ0) is 92.8. The van der Waals surface area contributed by atoms with E-state index >= 15 is 0 Å². The molecule has 2 aliphatic heterocycles. The summed E-state index contributed by atoms with van der Waals surface area (Å²) in [7, 11) is -27.1. The molecule has 44 heteroatoms. The quantitative estimate of drug-likeness (QED) is 0.0154. The number of hydrogen-bond donors (Lipinski definition) is 10. The molecule has 0 aromatic carbocycles. The lowest BCUT2D eigenvalue weighted by Gasteiger charge is -2.46. The summed E-state index contributed by atoms with van der Waals surface area (Å²) < 4.78 is 81.2. The van der Waals surface area contributed by atoms with Gasteiger partial charge in [0.25, 0.3) is 0 Å². The second-order valence-electron chi connectivity index (χ2n) is 43.8. The van der Waals surface area contributed by atoms with E-state index in [1.165, 1.54) is 0 Å². The average molecular weight is 2220 g/mol. The second-order valence-corrected chi connectivity index (χ2v) is 144. The summed E-state index contributed by atoms with van der Waals surface area (Å²) in [5.41, 5.74) is 16.4. The Balaban J connectivity index is -0.0000000620. The highest BCUT2D eigenvalue weighted by Gasteiger charge is 2.53. The molecule has 6 atom stereocenters. The van der Waals surface area contributed by atoms with Gasteiger partial charge >= 0.3 is 59.9 Å². The van der Waals surface area contributed by atoms with Gasteiger partial charge < -0.3 is 118 Å². The Kier molecular flexibility index (Phi) is 112. The number of aliphatic hydroxyl groups excluding tert-OH is 4. The third-order valence-corrected chi connectivity index (χ3v) is 117. The maximum atomic E-state index is 9.55. The summed E-state index contributed by atoms with van der Waals surface area (Å²) in [5.74, 6) is 0. The molecule has 0 spiro atoms. The van der Waals surface area contributed by atoms with Crippen molar-refractivity contribution < 1.29 is 74.9 Å². The van der Waals surface area contributed by atoms with Gasteiger partial charge in [0.15, 0.2) is 65.1 Å². The molecular weight excluding hydrogens is 1960 g/mol. The van der Waals surface area contributed by atoms with Crippen LogP contribution in [-0.2, 0) is 54.4 Å². The van der Waals surface area contributed by atoms with Crippen molar-refractivity contribution in [3.63, 3.8) is 0 Å². The van der Waals surface area contributed by atoms with Crippen LogP contribution >= 0.6 is 0 Å². The van der Waals surface area contributed by atoms with Crippen LogP contribution in [-0.4, -0.2) is 331 Å². The van der Waals surface area contributed by atoms with E-state index in [1.807, 2.05) is 7.05 Å². The van der Waals surface area contributed by atoms with Crippen molar-refractivity contribution in [2.24, 2.45) is 17.2 Å². The van der Waals surface area contributed by atoms with E-state index in [0.29, 0.717) is 26.2 Å². The third-order valence-electron chi connectivity index (χ3n) is 19.2. The fourth-order valence-electron chi connectivity index (χ4n) is 12.1. The lowest BCUT2D eigenvalue weighted by molar-refractivity contribution is 0.0645. The normalized spacial score (nSPS) is 17.0. The van der Waals surface area contributed by atoms with E-state index in [1.54, 1.807) is 7.11 Å². The Hall–Kier alpha value is 3.12. The largest absolute Gasteiger partial charge is 0.456 e. The molecule has 0 amide bonds. The molecule has 131 heavy (non-hydrogen) atoms. The van der Waals surface area contributed by atoms with E-state index in [2.05, 4.69) is 313 Å². The smallest absolute Gasteiger partial charge is 0.314 e. The van der Waals surface area contributed by atoms with Crippen molar-refractivity contribution in [2.75, 3.05) is 132 Å². The fraction of sp³-hybridized carbons (Fsp3) is 1.00. The van der Waals surface area contributed by atoms with Gasteiger partial charge in [0.1, 0.15) is 6.10 Å². The maximum Gasteiger partial charge on any atom is 0.314 e. The highest BCUT2D eigenvalue weighted by atomic mass is 29.3. The van der Waals surface area contributed by atoms with Crippen molar-refractivity contribution in [1.29, 1.82) is 0 Å². The second kappa shape index (κ2) is 80.3. The fourth-order valence-corrected chi connectivity index (χ4v) is 94.8. The Morgan fingerprint density at radius 2 is 0.573 bits per heavy atom. The molecule has 2 fully saturated rings. The molecule has 13 N–H and O–H groups in total. The van der Waals surface area contributed by atoms with Crippen LogP contribution < -0.4 is 33.2 Å². The van der Waals surface area contributed by atoms with Crippen LogP contribution in [0.25, 0.3) is 0 Å². The first-order valence-corrected chi connectivity index (χ1v) is 104. The van der Waals surface area contributed by atoms with Gasteiger partial charge in [-0.15, -0.1) is 0 Å². The molecule has 6 unspecified atom stereocenters. The molecule has 0 saturated carbocycles. The van der Waals surface area contributed by atoms with Crippen LogP contribution in [0.15, 0.2) is 0 Å². The molecule has 2 saturated heterocycles. The predicted molar refractivity (Wildman–Crippen MR) is 651 cm³/mol. The van der Waals surface area contributed by atoms with Gasteiger partial charge in [0, 0.05) is 66.0 Å². The summed E-state index contributed by atoms with van der Waals surface area (Å²) in [6, 6.07) is 4.20. The minimum absolute atomic E-state index is 0. The number of nitrogens with zero attached hydrogens (tertiary/aromatic N) is 2. The molecule has 2 aliphatic rings. The lowest BCUT2D eigenvalue weighted by Crippen LogP contribution is -2.64. The highest BCUT2D eigenvalue weighted by molar-refractivity contribution is 7.40. The van der Waals surface area contributed by atoms with E-state index < -0.39 is 162 Å². The monoisotopic (exact) mass is 2220 g/mol. The summed E-state index contributed by atoms with van der Waals surface area (Å²) in [6.45, 7) is 108. The Bertz CT molecular complexity index is 2390. The molecule has 0 aromatic heterocycles. The van der Waals surface area contributed by atoms with Crippen LogP contribution in [0.1, 0.15) is 137 Å². The maximum absolute atomic E-state index is 9.55. The zero-order valence-electron chi connectivity index (χ0n) is 84.6. The Morgan fingerprint density at radius 1 is 0.344 bits per heavy atom. The van der Waals surface area contributed by atoms with Crippen molar-refractivity contribution in [3.05, 3.63) is 0 Å². The van der Waals surface area contributed by atoms with E-state index in [0.717, 1.165) is 115 Å². The molecule has 0 radical (unpaired) electrons. The lowest BCUT2D eigenvalue weighted by atomic mass is 10.3. The molecule has 0 aliphatic carbocycles. The van der Waals surface area contributed by atoms with Crippen LogP contribution in [0.3, 0.4) is 0 Å². The van der Waals surface area contributed by atoms with Crippen molar-refractivity contribution >= 4 is 156 Å². The number of ether oxygens (including phenoxy) is 1. The number of rotatable bonds is 48. The molecule has 2 rings (SSSR count). The van der Waals surface area contributed by atoms with Gasteiger partial charge in [-0.1, -0.05) is 170 Å². The molecular formula is C87H260N8O17Si19. The first-order valence-electron chi connectivity index (χ1n) is 43.5. The van der Waals surface area contributed by atoms with Gasteiger partial charge in [-0.25, -0.2) is 0 Å². The van der Waals surface area contributed by atoms with Crippen LogP contribution in [0, 0.1) is 0 Å². The first-order chi connectivity index (χ1) is 51.5. The minimum Gasteiger partial charge on any atom is -0.456 e. The van der Waals surface area contributed by atoms with Crippen LogP contribution in [0.5, 0.6) is 0 Å². The number of nitrogens with two attached hydrogens (primary N) is 3. The van der Waals surface area contributed by atoms with Gasteiger partial charge in [-0.3, -0.25) is 0 Å². The average Bonchev–Trinajstić information content (AvgIpc) is 1.65. The number of nitrogens with one attached hydrogen (secondary N) is 3. The van der Waals surface area contributed by atoms with Crippen LogP contribution in [0.2, 0.25) is 299 Å².